The number of hydrogen-bond acceptors (Lipinski definition) is 2. The third-order valence-corrected chi connectivity index (χ3v) is 3.83. The second-order valence-corrected chi connectivity index (χ2v) is 5.42. The highest BCUT2D eigenvalue weighted by Crippen LogP contribution is 2.31. The lowest BCUT2D eigenvalue weighted by Gasteiger charge is -2.31. The molecule has 0 spiro atoms. The van der Waals surface area contributed by atoms with Crippen LogP contribution in [0.4, 0.5) is 15.8 Å². The molecule has 4 heteroatoms. The van der Waals surface area contributed by atoms with Crippen LogP contribution in [0.25, 0.3) is 0 Å². The van der Waals surface area contributed by atoms with Crippen molar-refractivity contribution in [2.75, 3.05) is 17.2 Å². The number of benzene rings is 2. The van der Waals surface area contributed by atoms with E-state index in [1.54, 1.807) is 4.90 Å². The van der Waals surface area contributed by atoms with Crippen molar-refractivity contribution in [2.45, 2.75) is 19.8 Å². The molecular formula is C17H17FN2O. The average Bonchev–Trinajstić information content (AvgIpc) is 2.45. The van der Waals surface area contributed by atoms with E-state index in [4.69, 9.17) is 5.73 Å². The van der Waals surface area contributed by atoms with Crippen molar-refractivity contribution in [3.05, 3.63) is 58.9 Å². The van der Waals surface area contributed by atoms with Crippen LogP contribution in [0, 0.1) is 12.7 Å². The lowest BCUT2D eigenvalue weighted by atomic mass is 9.97. The van der Waals surface area contributed by atoms with Crippen molar-refractivity contribution in [1.29, 1.82) is 0 Å². The van der Waals surface area contributed by atoms with Crippen LogP contribution in [0.3, 0.4) is 0 Å². The summed E-state index contributed by atoms with van der Waals surface area (Å²) in [5, 5.41) is 0. The van der Waals surface area contributed by atoms with Gasteiger partial charge in [0.2, 0.25) is 0 Å². The van der Waals surface area contributed by atoms with Crippen LogP contribution in [-0.4, -0.2) is 12.5 Å². The van der Waals surface area contributed by atoms with Crippen LogP contribution in [0.15, 0.2) is 36.4 Å². The zero-order valence-electron chi connectivity index (χ0n) is 11.9. The van der Waals surface area contributed by atoms with Gasteiger partial charge in [-0.3, -0.25) is 4.79 Å². The molecule has 0 unspecified atom stereocenters. The molecule has 1 aliphatic heterocycles. The molecule has 0 radical (unpaired) electrons. The van der Waals surface area contributed by atoms with Crippen LogP contribution in [-0.2, 0) is 6.42 Å². The number of amides is 1. The molecule has 108 valence electrons. The fourth-order valence-electron chi connectivity index (χ4n) is 2.94. The molecular weight excluding hydrogens is 267 g/mol. The summed E-state index contributed by atoms with van der Waals surface area (Å²) in [5.41, 5.74) is 9.38. The van der Waals surface area contributed by atoms with Crippen LogP contribution >= 0.6 is 0 Å². The Morgan fingerprint density at radius 1 is 1.29 bits per heavy atom. The Balaban J connectivity index is 2.04. The minimum Gasteiger partial charge on any atom is -0.399 e. The quantitative estimate of drug-likeness (QED) is 0.817. The van der Waals surface area contributed by atoms with Gasteiger partial charge in [0.1, 0.15) is 5.82 Å². The Hall–Kier alpha value is -2.36. The van der Waals surface area contributed by atoms with Gasteiger partial charge in [-0.25, -0.2) is 4.39 Å². The van der Waals surface area contributed by atoms with Crippen molar-refractivity contribution < 1.29 is 9.18 Å². The van der Waals surface area contributed by atoms with Crippen LogP contribution in [0.1, 0.15) is 27.9 Å². The first-order valence-electron chi connectivity index (χ1n) is 7.02. The molecule has 2 aromatic carbocycles. The number of nitrogen functional groups attached to an aromatic ring is 1. The number of fused-ring (bicyclic) bond motifs is 1. The fraction of sp³-hybridized carbons (Fsp3) is 0.235. The maximum atomic E-state index is 13.5. The van der Waals surface area contributed by atoms with Crippen LogP contribution in [0.5, 0.6) is 0 Å². The number of hydrogen-bond donors (Lipinski definition) is 1. The Morgan fingerprint density at radius 2 is 2.10 bits per heavy atom. The number of nitrogens with zero attached hydrogens (tertiary/aromatic N) is 1. The van der Waals surface area contributed by atoms with Gasteiger partial charge in [0.15, 0.2) is 0 Å². The van der Waals surface area contributed by atoms with Gasteiger partial charge in [-0.05, 0) is 49.1 Å². The highest BCUT2D eigenvalue weighted by Gasteiger charge is 2.25. The smallest absolute Gasteiger partial charge is 0.258 e. The van der Waals surface area contributed by atoms with Crippen molar-refractivity contribution in [3.8, 4) is 0 Å². The number of anilines is 2. The summed E-state index contributed by atoms with van der Waals surface area (Å²) in [6.45, 7) is 2.64. The Kier molecular flexibility index (Phi) is 3.37. The van der Waals surface area contributed by atoms with Gasteiger partial charge in [-0.1, -0.05) is 18.2 Å². The summed E-state index contributed by atoms with van der Waals surface area (Å²) in [4.78, 5) is 14.5. The van der Waals surface area contributed by atoms with E-state index >= 15 is 0 Å². The molecule has 0 saturated heterocycles. The Morgan fingerprint density at radius 3 is 2.86 bits per heavy atom. The van der Waals surface area contributed by atoms with Crippen LogP contribution < -0.4 is 10.6 Å². The van der Waals surface area contributed by atoms with Crippen molar-refractivity contribution in [3.63, 3.8) is 0 Å². The van der Waals surface area contributed by atoms with E-state index < -0.39 is 5.82 Å². The molecule has 1 heterocycles. The predicted octanol–water partition coefficient (Wildman–Crippen LogP) is 3.31. The van der Waals surface area contributed by atoms with Crippen LogP contribution in [0.2, 0.25) is 0 Å². The molecule has 21 heavy (non-hydrogen) atoms. The maximum absolute atomic E-state index is 13.5. The van der Waals surface area contributed by atoms with Gasteiger partial charge in [-0.15, -0.1) is 0 Å². The van der Waals surface area contributed by atoms with Gasteiger partial charge in [0.25, 0.3) is 5.91 Å². The summed E-state index contributed by atoms with van der Waals surface area (Å²) in [6.07, 6.45) is 1.87. The molecule has 2 N–H and O–H groups in total. The van der Waals surface area contributed by atoms with E-state index in [2.05, 4.69) is 0 Å². The Bertz CT molecular complexity index is 692. The van der Waals surface area contributed by atoms with Gasteiger partial charge in [0.05, 0.1) is 5.69 Å². The van der Waals surface area contributed by atoms with E-state index in [1.165, 1.54) is 23.8 Å². The second-order valence-electron chi connectivity index (χ2n) is 5.42. The number of aryl methyl sites for hydroxylation is 2. The maximum Gasteiger partial charge on any atom is 0.258 e. The molecule has 0 atom stereocenters. The Labute approximate surface area is 123 Å². The number of halogens is 1. The van der Waals surface area contributed by atoms with Crippen molar-refractivity contribution >= 4 is 17.3 Å². The van der Waals surface area contributed by atoms with Gasteiger partial charge >= 0.3 is 0 Å². The van der Waals surface area contributed by atoms with Gasteiger partial charge in [-0.2, -0.15) is 0 Å². The summed E-state index contributed by atoms with van der Waals surface area (Å²) < 4.78 is 13.5. The molecule has 0 bridgehead atoms. The normalized spacial score (nSPS) is 13.9. The average molecular weight is 284 g/mol. The van der Waals surface area contributed by atoms with E-state index in [-0.39, 0.29) is 11.6 Å². The minimum atomic E-state index is -0.486. The second kappa shape index (κ2) is 5.20. The third kappa shape index (κ3) is 2.49. The fourth-order valence-corrected chi connectivity index (χ4v) is 2.94. The summed E-state index contributed by atoms with van der Waals surface area (Å²) >= 11 is 0. The summed E-state index contributed by atoms with van der Waals surface area (Å²) in [7, 11) is 0. The number of rotatable bonds is 1. The third-order valence-electron chi connectivity index (χ3n) is 3.83. The topological polar surface area (TPSA) is 46.3 Å². The van der Waals surface area contributed by atoms with E-state index in [0.29, 0.717) is 12.1 Å². The molecule has 0 aliphatic carbocycles. The zero-order valence-corrected chi connectivity index (χ0v) is 11.9. The highest BCUT2D eigenvalue weighted by molar-refractivity contribution is 6.07. The monoisotopic (exact) mass is 284 g/mol. The first-order valence-corrected chi connectivity index (χ1v) is 7.02. The molecule has 1 aliphatic rings. The van der Waals surface area contributed by atoms with E-state index in [9.17, 15) is 9.18 Å². The summed E-state index contributed by atoms with van der Waals surface area (Å²) in [5.74, 6) is -0.684. The van der Waals surface area contributed by atoms with Crippen molar-refractivity contribution in [2.24, 2.45) is 0 Å². The molecule has 0 aromatic heterocycles. The number of carbonyl (C=O) groups excluding carboxylic acids is 1. The number of nitrogens with two attached hydrogens (primary N) is 1. The first-order chi connectivity index (χ1) is 10.1. The molecule has 3 rings (SSSR count). The largest absolute Gasteiger partial charge is 0.399 e. The predicted molar refractivity (Wildman–Crippen MR) is 82.0 cm³/mol. The number of para-hydroxylation sites is 1. The first kappa shape index (κ1) is 13.6. The molecule has 0 saturated carbocycles. The molecule has 0 fully saturated rings. The molecule has 1 amide bonds. The SMILES string of the molecule is Cc1cccc2c1N(C(=O)c1cc(N)cc(F)c1)CCC2. The molecule has 3 nitrogen and oxygen atoms in total. The van der Waals surface area contributed by atoms with E-state index in [0.717, 1.165) is 24.1 Å². The minimum absolute atomic E-state index is 0.198. The van der Waals surface area contributed by atoms with Gasteiger partial charge in [0, 0.05) is 17.8 Å². The number of carbonyl (C=O) groups is 1. The lowest BCUT2D eigenvalue weighted by molar-refractivity contribution is 0.0984. The van der Waals surface area contributed by atoms with Gasteiger partial charge < -0.3 is 10.6 Å². The lowest BCUT2D eigenvalue weighted by Crippen LogP contribution is -2.36. The standard InChI is InChI=1S/C17H17FN2O/c1-11-4-2-5-12-6-3-7-20(16(11)12)17(21)13-8-14(18)10-15(19)9-13/h2,4-5,8-10H,3,6-7,19H2,1H3. The summed E-state index contributed by atoms with van der Waals surface area (Å²) in [6, 6.07) is 10.0. The van der Waals surface area contributed by atoms with E-state index in [1.807, 2.05) is 25.1 Å². The van der Waals surface area contributed by atoms with Crippen molar-refractivity contribution in [1.82, 2.24) is 0 Å². The molecule has 2 aromatic rings. The zero-order chi connectivity index (χ0) is 15.0. The highest BCUT2D eigenvalue weighted by atomic mass is 19.1.